The van der Waals surface area contributed by atoms with Crippen LogP contribution < -0.4 is 10.0 Å². The molecule has 0 bridgehead atoms. The fourth-order valence-electron chi connectivity index (χ4n) is 4.72. The number of rotatable bonds is 5. The number of aromatic nitrogens is 1. The summed E-state index contributed by atoms with van der Waals surface area (Å²) < 4.78 is 53.9. The monoisotopic (exact) mass is 611 g/mol. The molecule has 5 rings (SSSR count). The van der Waals surface area contributed by atoms with Crippen molar-refractivity contribution < 1.29 is 26.4 Å². The first-order valence-electron chi connectivity index (χ1n) is 12.1. The predicted molar refractivity (Wildman–Crippen MR) is 148 cm³/mol. The van der Waals surface area contributed by atoms with E-state index < -0.39 is 44.4 Å². The van der Waals surface area contributed by atoms with Gasteiger partial charge in [-0.25, -0.2) is 21.8 Å². The lowest BCUT2D eigenvalue weighted by atomic mass is 10.1. The van der Waals surface area contributed by atoms with Crippen LogP contribution in [0, 0.1) is 0 Å². The third-order valence-electron chi connectivity index (χ3n) is 6.68. The number of benzene rings is 2. The number of amides is 2. The van der Waals surface area contributed by atoms with Gasteiger partial charge in [0.25, 0.3) is 11.8 Å². The molecule has 11 nitrogen and oxygen atoms in total. The number of carbonyl (C=O) groups is 2. The minimum Gasteiger partial charge on any atom is -0.322 e. The maximum atomic E-state index is 13.6. The molecule has 15 heteroatoms. The van der Waals surface area contributed by atoms with Gasteiger partial charge in [-0.3, -0.25) is 14.3 Å². The third-order valence-corrected chi connectivity index (χ3v) is 10.4. The van der Waals surface area contributed by atoms with Crippen LogP contribution in [0.15, 0.2) is 41.3 Å². The first-order chi connectivity index (χ1) is 18.3. The molecule has 0 spiro atoms. The van der Waals surface area contributed by atoms with Gasteiger partial charge in [0.15, 0.2) is 5.01 Å². The molecule has 2 aliphatic heterocycles. The highest BCUT2D eigenvalue weighted by Gasteiger charge is 2.42. The van der Waals surface area contributed by atoms with Crippen molar-refractivity contribution >= 4 is 65.6 Å². The maximum absolute atomic E-state index is 13.6. The number of halogens is 1. The molecule has 2 aliphatic rings. The zero-order valence-corrected chi connectivity index (χ0v) is 24.3. The largest absolute Gasteiger partial charge is 0.322 e. The Hall–Kier alpha value is -2.62. The summed E-state index contributed by atoms with van der Waals surface area (Å²) in [4.78, 5) is 33.2. The summed E-state index contributed by atoms with van der Waals surface area (Å²) in [5.74, 6) is -1.54. The molecule has 2 N–H and O–H groups in total. The van der Waals surface area contributed by atoms with E-state index in [4.69, 9.17) is 11.6 Å². The molecule has 2 aromatic carbocycles. The molecule has 208 valence electrons. The summed E-state index contributed by atoms with van der Waals surface area (Å²) in [7, 11) is -8.05. The van der Waals surface area contributed by atoms with Crippen LogP contribution in [0.2, 0.25) is 5.02 Å². The fourth-order valence-corrected chi connectivity index (χ4v) is 7.87. The topological polar surface area (TPSA) is 146 Å². The Kier molecular flexibility index (Phi) is 7.45. The maximum Gasteiger partial charge on any atom is 0.283 e. The highest BCUT2D eigenvalue weighted by atomic mass is 35.5. The number of nitrogens with one attached hydrogen (secondary N) is 2. The molecule has 3 aromatic rings. The lowest BCUT2D eigenvalue weighted by molar-refractivity contribution is -0.125. The lowest BCUT2D eigenvalue weighted by Crippen LogP contribution is -2.61. The minimum absolute atomic E-state index is 0.00795. The van der Waals surface area contributed by atoms with Gasteiger partial charge in [-0.1, -0.05) is 23.7 Å². The zero-order chi connectivity index (χ0) is 28.1. The normalized spacial score (nSPS) is 20.5. The van der Waals surface area contributed by atoms with Gasteiger partial charge >= 0.3 is 0 Å². The first kappa shape index (κ1) is 27.9. The first-order valence-corrected chi connectivity index (χ1v) is 16.6. The number of sulfonamides is 2. The van der Waals surface area contributed by atoms with Crippen LogP contribution in [0.4, 0.5) is 0 Å². The molecule has 0 aliphatic carbocycles. The minimum atomic E-state index is -4.08. The Labute approximate surface area is 235 Å². The van der Waals surface area contributed by atoms with Crippen molar-refractivity contribution in [3.63, 3.8) is 0 Å². The molecule has 1 fully saturated rings. The number of piperazine rings is 1. The van der Waals surface area contributed by atoms with Gasteiger partial charge in [0.05, 0.1) is 16.8 Å². The average Bonchev–Trinajstić information content (AvgIpc) is 3.29. The van der Waals surface area contributed by atoms with Crippen molar-refractivity contribution in [2.24, 2.45) is 0 Å². The van der Waals surface area contributed by atoms with E-state index in [9.17, 15) is 26.4 Å². The molecule has 1 saturated heterocycles. The van der Waals surface area contributed by atoms with Crippen LogP contribution in [0.5, 0.6) is 0 Å². The van der Waals surface area contributed by atoms with Crippen molar-refractivity contribution in [3.05, 3.63) is 57.0 Å². The number of hydrogen-bond donors (Lipinski definition) is 2. The number of hydrogen-bond acceptors (Lipinski definition) is 9. The number of fused-ring (bicyclic) bond motifs is 2. The lowest BCUT2D eigenvalue weighted by Gasteiger charge is -2.39. The molecule has 0 saturated carbocycles. The highest BCUT2D eigenvalue weighted by Crippen LogP contribution is 2.28. The Bertz CT molecular complexity index is 1690. The van der Waals surface area contributed by atoms with E-state index in [2.05, 4.69) is 10.3 Å². The van der Waals surface area contributed by atoms with E-state index >= 15 is 0 Å². The second-order valence-corrected chi connectivity index (χ2v) is 14.9. The predicted octanol–water partition coefficient (Wildman–Crippen LogP) is 1.57. The molecule has 2 atom stereocenters. The van der Waals surface area contributed by atoms with Crippen LogP contribution >= 0.6 is 22.9 Å². The quantitative estimate of drug-likeness (QED) is 0.442. The molecule has 2 amide bonds. The Morgan fingerprint density at radius 2 is 1.82 bits per heavy atom. The molecule has 1 aromatic heterocycles. The van der Waals surface area contributed by atoms with Crippen molar-refractivity contribution in [1.29, 1.82) is 0 Å². The number of nitrogens with zero attached hydrogens (tertiary/aromatic N) is 3. The van der Waals surface area contributed by atoms with Gasteiger partial charge in [0.1, 0.15) is 6.04 Å². The van der Waals surface area contributed by atoms with E-state index in [-0.39, 0.29) is 29.0 Å². The van der Waals surface area contributed by atoms with Crippen LogP contribution in [-0.2, 0) is 37.8 Å². The van der Waals surface area contributed by atoms with Crippen LogP contribution in [0.25, 0.3) is 10.8 Å². The van der Waals surface area contributed by atoms with Crippen LogP contribution in [-0.4, -0.2) is 80.8 Å². The smallest absolute Gasteiger partial charge is 0.283 e. The average molecular weight is 612 g/mol. The van der Waals surface area contributed by atoms with Crippen molar-refractivity contribution in [2.45, 2.75) is 36.9 Å². The highest BCUT2D eigenvalue weighted by molar-refractivity contribution is 7.89. The summed E-state index contributed by atoms with van der Waals surface area (Å²) in [5.41, 5.74) is 0.811. The van der Waals surface area contributed by atoms with Gasteiger partial charge in [-0.15, -0.1) is 11.3 Å². The van der Waals surface area contributed by atoms with E-state index in [1.165, 1.54) is 28.4 Å². The van der Waals surface area contributed by atoms with Crippen LogP contribution in [0.3, 0.4) is 0 Å². The van der Waals surface area contributed by atoms with E-state index in [0.717, 1.165) is 26.5 Å². The van der Waals surface area contributed by atoms with Crippen molar-refractivity contribution in [1.82, 2.24) is 24.2 Å². The van der Waals surface area contributed by atoms with Gasteiger partial charge in [-0.05, 0) is 42.0 Å². The van der Waals surface area contributed by atoms with E-state index in [1.807, 2.05) is 11.6 Å². The second kappa shape index (κ2) is 10.4. The molecular formula is C24H26ClN5O6S3. The number of carbonyl (C=O) groups excluding carboxylic acids is 2. The Morgan fingerprint density at radius 3 is 2.56 bits per heavy atom. The SMILES string of the molecule is CC1Cc2nc(C(=O)N3CCN(S(=O)(=O)c4ccc5cc(Cl)ccc5c4)CC3C(=O)NS(C)(=O)=O)sc2CN1. The van der Waals surface area contributed by atoms with Gasteiger partial charge < -0.3 is 10.2 Å². The second-order valence-electron chi connectivity index (χ2n) is 9.64. The standard InChI is InChI=1S/C24H26ClN5O6S3/c1-14-9-19-21(12-26-14)37-23(27-19)24(32)30-8-7-29(13-20(30)22(31)28-38(2,33)34)39(35,36)18-6-4-15-10-17(25)5-3-16(15)11-18/h3-6,10-11,14,20,26H,7-9,12-13H2,1-2H3,(H,28,31). The van der Waals surface area contributed by atoms with Crippen molar-refractivity contribution in [2.75, 3.05) is 25.9 Å². The molecule has 2 unspecified atom stereocenters. The third kappa shape index (κ3) is 5.81. The molecule has 39 heavy (non-hydrogen) atoms. The van der Waals surface area contributed by atoms with Crippen molar-refractivity contribution in [3.8, 4) is 0 Å². The summed E-state index contributed by atoms with van der Waals surface area (Å²) in [6.07, 6.45) is 1.47. The van der Waals surface area contributed by atoms with E-state index in [0.29, 0.717) is 23.4 Å². The molecular weight excluding hydrogens is 586 g/mol. The summed E-state index contributed by atoms with van der Waals surface area (Å²) in [5, 5.41) is 5.43. The molecule has 3 heterocycles. The summed E-state index contributed by atoms with van der Waals surface area (Å²) >= 11 is 7.25. The summed E-state index contributed by atoms with van der Waals surface area (Å²) in [6.45, 7) is 1.96. The summed E-state index contributed by atoms with van der Waals surface area (Å²) in [6, 6.07) is 8.51. The Balaban J connectivity index is 1.44. The zero-order valence-electron chi connectivity index (χ0n) is 21.0. The fraction of sp³-hybridized carbons (Fsp3) is 0.375. The van der Waals surface area contributed by atoms with Gasteiger partial charge in [-0.2, -0.15) is 4.31 Å². The Morgan fingerprint density at radius 1 is 1.10 bits per heavy atom. The van der Waals surface area contributed by atoms with E-state index in [1.54, 1.807) is 24.3 Å². The number of thiazole rings is 1. The molecule has 0 radical (unpaired) electrons. The van der Waals surface area contributed by atoms with Crippen LogP contribution in [0.1, 0.15) is 27.3 Å². The van der Waals surface area contributed by atoms with Gasteiger partial charge in [0, 0.05) is 48.5 Å². The van der Waals surface area contributed by atoms with Gasteiger partial charge in [0.2, 0.25) is 20.0 Å².